The molecule has 5 rings (SSSR count). The largest absolute Gasteiger partial charge is 0.573 e. The lowest BCUT2D eigenvalue weighted by Crippen LogP contribution is -2.22. The van der Waals surface area contributed by atoms with Crippen LogP contribution in [0.3, 0.4) is 0 Å². The molecule has 3 aromatic carbocycles. The van der Waals surface area contributed by atoms with Gasteiger partial charge in [-0.1, -0.05) is 23.4 Å². The minimum atomic E-state index is -4.86. The second-order valence-corrected chi connectivity index (χ2v) is 12.2. The first-order valence-electron chi connectivity index (χ1n) is 12.9. The number of rotatable bonds is 8. The van der Waals surface area contributed by atoms with E-state index in [0.29, 0.717) is 33.8 Å². The molecule has 0 amide bonds. The van der Waals surface area contributed by atoms with Crippen LogP contribution in [-0.2, 0) is 15.9 Å². The van der Waals surface area contributed by atoms with Crippen molar-refractivity contribution in [2.45, 2.75) is 31.0 Å². The van der Waals surface area contributed by atoms with Gasteiger partial charge in [0.15, 0.2) is 0 Å². The molecule has 2 heterocycles. The van der Waals surface area contributed by atoms with Crippen LogP contribution in [0, 0.1) is 6.92 Å². The number of hydrogen-bond donors (Lipinski definition) is 0. The predicted octanol–water partition coefficient (Wildman–Crippen LogP) is 6.36. The number of imidazole rings is 1. The number of alkyl halides is 5. The molecule has 0 bridgehead atoms. The molecule has 0 atom stereocenters. The highest BCUT2D eigenvalue weighted by molar-refractivity contribution is 7.89. The van der Waals surface area contributed by atoms with Crippen LogP contribution in [0.4, 0.5) is 22.0 Å². The third kappa shape index (κ3) is 6.19. The van der Waals surface area contributed by atoms with Crippen molar-refractivity contribution in [3.05, 3.63) is 90.6 Å². The van der Waals surface area contributed by atoms with E-state index in [-0.39, 0.29) is 10.7 Å². The summed E-state index contributed by atoms with van der Waals surface area (Å²) in [7, 11) is -0.903. The van der Waals surface area contributed by atoms with Crippen molar-refractivity contribution in [3.63, 3.8) is 0 Å². The van der Waals surface area contributed by atoms with Gasteiger partial charge in [-0.3, -0.25) is 0 Å². The molecular formula is C29H25F5N6O3S. The molecule has 5 aromatic rings. The standard InChI is InChI=1S/C29H25F5N6O3S/c1-18-36-27(28(2,30)31)17-39(18)24-13-10-21(20-6-5-7-23(14-20)44(41,42)38(3)4)15-25(24)40-26(16-35-37-40)19-8-11-22(12-9-19)43-29(32,33)34/h5-17H,1-4H3. The number of sulfonamides is 1. The summed E-state index contributed by atoms with van der Waals surface area (Å²) in [5, 5.41) is 8.20. The van der Waals surface area contributed by atoms with Crippen LogP contribution in [0.15, 0.2) is 84.0 Å². The van der Waals surface area contributed by atoms with E-state index in [9.17, 15) is 30.4 Å². The Hall–Kier alpha value is -4.63. The van der Waals surface area contributed by atoms with E-state index in [1.165, 1.54) is 60.0 Å². The zero-order chi connectivity index (χ0) is 32.0. The summed E-state index contributed by atoms with van der Waals surface area (Å²) in [6, 6.07) is 16.4. The molecule has 0 radical (unpaired) electrons. The van der Waals surface area contributed by atoms with Crippen LogP contribution in [-0.4, -0.2) is 57.7 Å². The molecule has 0 saturated carbocycles. The molecule has 2 aromatic heterocycles. The van der Waals surface area contributed by atoms with Gasteiger partial charge >= 0.3 is 6.36 Å². The first kappa shape index (κ1) is 30.8. The van der Waals surface area contributed by atoms with Crippen molar-refractivity contribution < 1.29 is 35.1 Å². The summed E-state index contributed by atoms with van der Waals surface area (Å²) < 4.78 is 100.0. The SMILES string of the molecule is Cc1nc(C(C)(F)F)cn1-c1ccc(-c2cccc(S(=O)(=O)N(C)C)c2)cc1-n1nncc1-c1ccc(OC(F)(F)F)cc1. The van der Waals surface area contributed by atoms with Crippen LogP contribution in [0.5, 0.6) is 5.75 Å². The van der Waals surface area contributed by atoms with Crippen LogP contribution >= 0.6 is 0 Å². The molecule has 0 spiro atoms. The van der Waals surface area contributed by atoms with Crippen molar-refractivity contribution >= 4 is 10.0 Å². The van der Waals surface area contributed by atoms with Gasteiger partial charge in [0.25, 0.3) is 5.92 Å². The van der Waals surface area contributed by atoms with Gasteiger partial charge in [-0.2, -0.15) is 8.78 Å². The number of aryl methyl sites for hydroxylation is 1. The van der Waals surface area contributed by atoms with Crippen molar-refractivity contribution in [3.8, 4) is 39.5 Å². The maximum Gasteiger partial charge on any atom is 0.573 e. The van der Waals surface area contributed by atoms with Gasteiger partial charge in [-0.05, 0) is 66.6 Å². The Balaban J connectivity index is 1.68. The lowest BCUT2D eigenvalue weighted by atomic mass is 10.0. The van der Waals surface area contributed by atoms with E-state index in [1.807, 2.05) is 0 Å². The third-order valence-corrected chi connectivity index (χ3v) is 8.49. The van der Waals surface area contributed by atoms with Crippen LogP contribution in [0.1, 0.15) is 18.4 Å². The Bertz CT molecular complexity index is 1930. The quantitative estimate of drug-likeness (QED) is 0.185. The summed E-state index contributed by atoms with van der Waals surface area (Å²) in [5.74, 6) is -3.38. The third-order valence-electron chi connectivity index (χ3n) is 6.67. The first-order chi connectivity index (χ1) is 20.5. The fraction of sp³-hybridized carbons (Fsp3) is 0.207. The predicted molar refractivity (Wildman–Crippen MR) is 151 cm³/mol. The smallest absolute Gasteiger partial charge is 0.406 e. The van der Waals surface area contributed by atoms with E-state index >= 15 is 0 Å². The van der Waals surface area contributed by atoms with Gasteiger partial charge < -0.3 is 9.30 Å². The Labute approximate surface area is 249 Å². The fourth-order valence-electron chi connectivity index (χ4n) is 4.49. The minimum absolute atomic E-state index is 0.0634. The minimum Gasteiger partial charge on any atom is -0.406 e. The molecule has 0 saturated heterocycles. The average Bonchev–Trinajstić information content (AvgIpc) is 3.59. The Morgan fingerprint density at radius 3 is 2.14 bits per heavy atom. The number of halogens is 5. The topological polar surface area (TPSA) is 95.1 Å². The number of hydrogen-bond acceptors (Lipinski definition) is 6. The van der Waals surface area contributed by atoms with Gasteiger partial charge in [0, 0.05) is 32.8 Å². The van der Waals surface area contributed by atoms with Crippen LogP contribution in [0.25, 0.3) is 33.8 Å². The highest BCUT2D eigenvalue weighted by Gasteiger charge is 2.31. The molecule has 230 valence electrons. The maximum atomic E-state index is 14.2. The zero-order valence-electron chi connectivity index (χ0n) is 23.7. The number of benzene rings is 3. The first-order valence-corrected chi connectivity index (χ1v) is 14.4. The number of aromatic nitrogens is 5. The Morgan fingerprint density at radius 2 is 1.52 bits per heavy atom. The van der Waals surface area contributed by atoms with Gasteiger partial charge in [0.1, 0.15) is 17.3 Å². The molecule has 0 fully saturated rings. The van der Waals surface area contributed by atoms with Crippen LogP contribution in [0.2, 0.25) is 0 Å². The summed E-state index contributed by atoms with van der Waals surface area (Å²) in [4.78, 5) is 4.09. The molecule has 0 aliphatic heterocycles. The van der Waals surface area contributed by atoms with Gasteiger partial charge in [0.05, 0.1) is 28.2 Å². The molecule has 44 heavy (non-hydrogen) atoms. The highest BCUT2D eigenvalue weighted by atomic mass is 32.2. The Morgan fingerprint density at radius 1 is 0.864 bits per heavy atom. The molecule has 9 nitrogen and oxygen atoms in total. The van der Waals surface area contributed by atoms with Crippen molar-refractivity contribution in [2.24, 2.45) is 0 Å². The van der Waals surface area contributed by atoms with Crippen molar-refractivity contribution in [1.29, 1.82) is 0 Å². The lowest BCUT2D eigenvalue weighted by Gasteiger charge is -2.17. The maximum absolute atomic E-state index is 14.2. The van der Waals surface area contributed by atoms with Crippen molar-refractivity contribution in [2.75, 3.05) is 14.1 Å². The van der Waals surface area contributed by atoms with E-state index in [4.69, 9.17) is 0 Å². The highest BCUT2D eigenvalue weighted by Crippen LogP contribution is 2.34. The van der Waals surface area contributed by atoms with E-state index in [1.54, 1.807) is 37.3 Å². The van der Waals surface area contributed by atoms with E-state index in [2.05, 4.69) is 20.0 Å². The summed E-state index contributed by atoms with van der Waals surface area (Å²) in [5.41, 5.74) is 2.18. The summed E-state index contributed by atoms with van der Waals surface area (Å²) in [6.45, 7) is 2.30. The monoisotopic (exact) mass is 632 g/mol. The number of nitrogens with zero attached hydrogens (tertiary/aromatic N) is 6. The van der Waals surface area contributed by atoms with Gasteiger partial charge in [-0.15, -0.1) is 18.3 Å². The molecule has 0 aliphatic carbocycles. The average molecular weight is 633 g/mol. The molecular weight excluding hydrogens is 607 g/mol. The Kier molecular flexibility index (Phi) is 7.80. The van der Waals surface area contributed by atoms with Gasteiger partial charge in [0.2, 0.25) is 10.0 Å². The lowest BCUT2D eigenvalue weighted by molar-refractivity contribution is -0.274. The summed E-state index contributed by atoms with van der Waals surface area (Å²) in [6.07, 6.45) is -2.26. The zero-order valence-corrected chi connectivity index (χ0v) is 24.5. The van der Waals surface area contributed by atoms with Crippen molar-refractivity contribution in [1.82, 2.24) is 28.9 Å². The van der Waals surface area contributed by atoms with E-state index in [0.717, 1.165) is 23.4 Å². The van der Waals surface area contributed by atoms with E-state index < -0.39 is 33.8 Å². The van der Waals surface area contributed by atoms with Gasteiger partial charge in [-0.25, -0.2) is 22.4 Å². The molecule has 0 N–H and O–H groups in total. The second kappa shape index (κ2) is 11.1. The summed E-state index contributed by atoms with van der Waals surface area (Å²) >= 11 is 0. The molecule has 0 aliphatic rings. The van der Waals surface area contributed by atoms with Crippen LogP contribution < -0.4 is 4.74 Å². The molecule has 15 heteroatoms. The molecule has 0 unspecified atom stereocenters. The second-order valence-electron chi connectivity index (χ2n) is 10.1. The fourth-order valence-corrected chi connectivity index (χ4v) is 5.44. The number of ether oxygens (including phenoxy) is 1. The normalized spacial score (nSPS) is 12.6.